The molecule has 1 amide bonds. The molecule has 2 aromatic rings. The van der Waals surface area contributed by atoms with Crippen molar-refractivity contribution in [3.8, 4) is 11.5 Å². The van der Waals surface area contributed by atoms with Crippen LogP contribution >= 0.6 is 0 Å². The van der Waals surface area contributed by atoms with Crippen molar-refractivity contribution in [3.63, 3.8) is 0 Å². The SMILES string of the molecule is COc1ccc(S(=O)(=O)Nc2ccc(C3(C(=O)NC4CCCCCC4)CC3)cc2)cc1OC.O=C(O)C(F)(F)F. The van der Waals surface area contributed by atoms with Crippen LogP contribution < -0.4 is 19.5 Å². The van der Waals surface area contributed by atoms with Crippen molar-refractivity contribution >= 4 is 27.6 Å². The van der Waals surface area contributed by atoms with E-state index in [-0.39, 0.29) is 16.8 Å². The topological polar surface area (TPSA) is 131 Å². The number of methoxy groups -OCH3 is 2. The molecular weight excluding hydrogens is 553 g/mol. The summed E-state index contributed by atoms with van der Waals surface area (Å²) in [6, 6.07) is 11.9. The first-order chi connectivity index (χ1) is 18.8. The van der Waals surface area contributed by atoms with Crippen molar-refractivity contribution in [3.05, 3.63) is 48.0 Å². The van der Waals surface area contributed by atoms with Gasteiger partial charge in [0, 0.05) is 17.8 Å². The van der Waals surface area contributed by atoms with Gasteiger partial charge in [-0.05, 0) is 55.5 Å². The third kappa shape index (κ3) is 7.80. The maximum atomic E-state index is 13.1. The number of sulfonamides is 1. The Morgan fingerprint density at radius 2 is 1.48 bits per heavy atom. The van der Waals surface area contributed by atoms with E-state index in [1.54, 1.807) is 18.2 Å². The Morgan fingerprint density at radius 3 is 1.95 bits per heavy atom. The fraction of sp³-hybridized carbons (Fsp3) is 0.481. The van der Waals surface area contributed by atoms with Gasteiger partial charge in [-0.15, -0.1) is 0 Å². The zero-order valence-corrected chi connectivity index (χ0v) is 23.0. The molecule has 9 nitrogen and oxygen atoms in total. The summed E-state index contributed by atoms with van der Waals surface area (Å²) in [6.45, 7) is 0. The number of amides is 1. The lowest BCUT2D eigenvalue weighted by atomic mass is 9.94. The second kappa shape index (κ2) is 12.8. The van der Waals surface area contributed by atoms with E-state index in [9.17, 15) is 26.4 Å². The van der Waals surface area contributed by atoms with Crippen LogP contribution in [0.3, 0.4) is 0 Å². The summed E-state index contributed by atoms with van der Waals surface area (Å²) in [6.07, 6.45) is 3.51. The first-order valence-corrected chi connectivity index (χ1v) is 14.3. The molecule has 0 atom stereocenters. The Kier molecular flexibility index (Phi) is 9.93. The van der Waals surface area contributed by atoms with Crippen molar-refractivity contribution in [1.29, 1.82) is 0 Å². The monoisotopic (exact) mass is 586 g/mol. The minimum absolute atomic E-state index is 0.0747. The van der Waals surface area contributed by atoms with Gasteiger partial charge in [-0.2, -0.15) is 13.2 Å². The molecular formula is C27H33F3N2O7S. The standard InChI is InChI=1S/C25H32N2O5S.C2HF3O2/c1-31-22-14-13-21(17-23(22)32-2)33(29,30)27-20-11-9-18(10-12-20)25(15-16-25)24(28)26-19-7-5-3-4-6-8-19;3-2(4,5)1(6)7/h9-14,17,19,27H,3-8,15-16H2,1-2H3,(H,26,28);(H,6,7). The molecule has 4 rings (SSSR count). The number of alkyl halides is 3. The summed E-state index contributed by atoms with van der Waals surface area (Å²) >= 11 is 0. The third-order valence-electron chi connectivity index (χ3n) is 6.97. The number of nitrogens with one attached hydrogen (secondary N) is 2. The fourth-order valence-electron chi connectivity index (χ4n) is 4.57. The number of carboxylic acids is 1. The molecule has 40 heavy (non-hydrogen) atoms. The average Bonchev–Trinajstić information content (AvgIpc) is 3.74. The maximum absolute atomic E-state index is 13.1. The van der Waals surface area contributed by atoms with E-state index in [0.717, 1.165) is 31.2 Å². The molecule has 0 saturated heterocycles. The van der Waals surface area contributed by atoms with Crippen LogP contribution in [0.4, 0.5) is 18.9 Å². The minimum atomic E-state index is -5.08. The molecule has 0 bridgehead atoms. The van der Waals surface area contributed by atoms with Crippen LogP contribution in [-0.2, 0) is 25.0 Å². The molecule has 0 aliphatic heterocycles. The van der Waals surface area contributed by atoms with Gasteiger partial charge in [0.05, 0.1) is 24.5 Å². The zero-order chi connectivity index (χ0) is 29.6. The third-order valence-corrected chi connectivity index (χ3v) is 8.35. The molecule has 220 valence electrons. The normalized spacial score (nSPS) is 16.9. The number of rotatable bonds is 8. The number of hydrogen-bond donors (Lipinski definition) is 3. The van der Waals surface area contributed by atoms with E-state index in [0.29, 0.717) is 17.2 Å². The number of hydrogen-bond acceptors (Lipinski definition) is 6. The molecule has 2 fully saturated rings. The van der Waals surface area contributed by atoms with Crippen LogP contribution in [0.15, 0.2) is 47.4 Å². The Labute approximate surface area is 231 Å². The maximum Gasteiger partial charge on any atom is 0.490 e. The van der Waals surface area contributed by atoms with Crippen molar-refractivity contribution in [2.45, 2.75) is 73.9 Å². The molecule has 2 aliphatic rings. The number of anilines is 1. The highest BCUT2D eigenvalue weighted by Gasteiger charge is 2.51. The van der Waals surface area contributed by atoms with Gasteiger partial charge < -0.3 is 19.9 Å². The molecule has 0 aromatic heterocycles. The van der Waals surface area contributed by atoms with E-state index in [2.05, 4.69) is 10.0 Å². The number of aliphatic carboxylic acids is 1. The first kappa shape index (κ1) is 31.1. The quantitative estimate of drug-likeness (QED) is 0.371. The smallest absolute Gasteiger partial charge is 0.490 e. The van der Waals surface area contributed by atoms with Crippen LogP contribution in [0.5, 0.6) is 11.5 Å². The number of carbonyl (C=O) groups excluding carboxylic acids is 1. The Morgan fingerprint density at radius 1 is 0.925 bits per heavy atom. The van der Waals surface area contributed by atoms with Crippen molar-refractivity contribution in [1.82, 2.24) is 5.32 Å². The molecule has 0 spiro atoms. The van der Waals surface area contributed by atoms with Gasteiger partial charge in [0.15, 0.2) is 11.5 Å². The summed E-state index contributed by atoms with van der Waals surface area (Å²) in [5.41, 5.74) is 0.892. The van der Waals surface area contributed by atoms with Crippen molar-refractivity contribution < 1.29 is 45.8 Å². The highest BCUT2D eigenvalue weighted by atomic mass is 32.2. The number of ether oxygens (including phenoxy) is 2. The van der Waals surface area contributed by atoms with Crippen LogP contribution in [0.1, 0.15) is 56.9 Å². The van der Waals surface area contributed by atoms with Gasteiger partial charge in [-0.25, -0.2) is 13.2 Å². The molecule has 2 saturated carbocycles. The van der Waals surface area contributed by atoms with Crippen LogP contribution in [-0.4, -0.2) is 51.8 Å². The van der Waals surface area contributed by atoms with Crippen LogP contribution in [0.2, 0.25) is 0 Å². The van der Waals surface area contributed by atoms with Gasteiger partial charge in [0.2, 0.25) is 5.91 Å². The lowest BCUT2D eigenvalue weighted by Crippen LogP contribution is -2.41. The van der Waals surface area contributed by atoms with Crippen LogP contribution in [0.25, 0.3) is 0 Å². The predicted octanol–water partition coefficient (Wildman–Crippen LogP) is 5.01. The largest absolute Gasteiger partial charge is 0.493 e. The number of benzene rings is 2. The minimum Gasteiger partial charge on any atom is -0.493 e. The summed E-state index contributed by atoms with van der Waals surface area (Å²) in [4.78, 5) is 22.0. The summed E-state index contributed by atoms with van der Waals surface area (Å²) in [5, 5.41) is 10.4. The van der Waals surface area contributed by atoms with Crippen LogP contribution in [0, 0.1) is 0 Å². The van der Waals surface area contributed by atoms with Gasteiger partial charge in [-0.3, -0.25) is 9.52 Å². The van der Waals surface area contributed by atoms with E-state index in [4.69, 9.17) is 19.4 Å². The Bertz CT molecular complexity index is 1290. The summed E-state index contributed by atoms with van der Waals surface area (Å²) in [5.74, 6) is -1.86. The molecule has 2 aromatic carbocycles. The second-order valence-corrected chi connectivity index (χ2v) is 11.4. The highest BCUT2D eigenvalue weighted by molar-refractivity contribution is 7.92. The zero-order valence-electron chi connectivity index (χ0n) is 22.2. The molecule has 0 unspecified atom stereocenters. The number of halogens is 3. The molecule has 13 heteroatoms. The molecule has 3 N–H and O–H groups in total. The average molecular weight is 587 g/mol. The van der Waals surface area contributed by atoms with Gasteiger partial charge in [0.1, 0.15) is 0 Å². The molecule has 0 heterocycles. The number of carboxylic acid groups (broad SMARTS) is 1. The van der Waals surface area contributed by atoms with E-state index < -0.39 is 27.6 Å². The highest BCUT2D eigenvalue weighted by Crippen LogP contribution is 2.49. The lowest BCUT2D eigenvalue weighted by Gasteiger charge is -2.22. The van der Waals surface area contributed by atoms with Gasteiger partial charge in [-0.1, -0.05) is 37.8 Å². The Balaban J connectivity index is 0.000000559. The summed E-state index contributed by atoms with van der Waals surface area (Å²) in [7, 11) is -0.854. The number of carbonyl (C=O) groups is 2. The lowest BCUT2D eigenvalue weighted by molar-refractivity contribution is -0.192. The first-order valence-electron chi connectivity index (χ1n) is 12.8. The van der Waals surface area contributed by atoms with E-state index >= 15 is 0 Å². The van der Waals surface area contributed by atoms with Gasteiger partial charge >= 0.3 is 12.1 Å². The molecule has 0 radical (unpaired) electrons. The Hall–Kier alpha value is -3.48. The fourth-order valence-corrected chi connectivity index (χ4v) is 5.65. The van der Waals surface area contributed by atoms with Crippen molar-refractivity contribution in [2.75, 3.05) is 18.9 Å². The van der Waals surface area contributed by atoms with E-state index in [1.807, 2.05) is 12.1 Å². The second-order valence-electron chi connectivity index (χ2n) is 9.75. The van der Waals surface area contributed by atoms with E-state index in [1.165, 1.54) is 52.0 Å². The summed E-state index contributed by atoms with van der Waals surface area (Å²) < 4.78 is 70.4. The predicted molar refractivity (Wildman–Crippen MR) is 141 cm³/mol. The molecule has 2 aliphatic carbocycles. The van der Waals surface area contributed by atoms with Gasteiger partial charge in [0.25, 0.3) is 10.0 Å². The van der Waals surface area contributed by atoms with Crippen molar-refractivity contribution in [2.24, 2.45) is 0 Å².